The molecule has 0 atom stereocenters. The number of nitrogens with one attached hydrogen (secondary N) is 1. The molecular weight excluding hydrogens is 248 g/mol. The average Bonchev–Trinajstić information content (AvgIpc) is 2.40. The fourth-order valence-electron chi connectivity index (χ4n) is 2.11. The molecule has 0 aliphatic carbocycles. The van der Waals surface area contributed by atoms with Crippen LogP contribution >= 0.6 is 11.6 Å². The maximum Gasteiger partial charge on any atom is 0.0593 e. The van der Waals surface area contributed by atoms with Crippen molar-refractivity contribution in [2.24, 2.45) is 0 Å². The Balaban J connectivity index is 1.55. The molecule has 4 heteroatoms. The van der Waals surface area contributed by atoms with Crippen LogP contribution in [0.15, 0.2) is 24.3 Å². The van der Waals surface area contributed by atoms with Gasteiger partial charge in [-0.2, -0.15) is 0 Å². The van der Waals surface area contributed by atoms with Gasteiger partial charge in [0.25, 0.3) is 0 Å². The van der Waals surface area contributed by atoms with Crippen molar-refractivity contribution in [3.05, 3.63) is 34.9 Å². The van der Waals surface area contributed by atoms with E-state index in [1.54, 1.807) is 0 Å². The van der Waals surface area contributed by atoms with E-state index in [2.05, 4.69) is 16.3 Å². The number of ether oxygens (including phenoxy) is 1. The van der Waals surface area contributed by atoms with E-state index in [4.69, 9.17) is 16.3 Å². The zero-order valence-electron chi connectivity index (χ0n) is 10.7. The van der Waals surface area contributed by atoms with E-state index >= 15 is 0 Å². The molecule has 1 N–H and O–H groups in total. The lowest BCUT2D eigenvalue weighted by Crippen LogP contribution is -2.44. The number of halogens is 1. The maximum absolute atomic E-state index is 5.93. The van der Waals surface area contributed by atoms with Gasteiger partial charge in [0, 0.05) is 37.7 Å². The van der Waals surface area contributed by atoms with Crippen LogP contribution in [0.1, 0.15) is 5.56 Å². The Kier molecular flexibility index (Phi) is 5.94. The molecular formula is C14H21ClN2O. The van der Waals surface area contributed by atoms with Gasteiger partial charge in [0.1, 0.15) is 0 Å². The van der Waals surface area contributed by atoms with Crippen LogP contribution < -0.4 is 5.32 Å². The summed E-state index contributed by atoms with van der Waals surface area (Å²) in [6.45, 7) is 7.10. The van der Waals surface area contributed by atoms with Crippen LogP contribution in [0.2, 0.25) is 5.02 Å². The molecule has 0 bridgehead atoms. The smallest absolute Gasteiger partial charge is 0.0593 e. The molecule has 100 valence electrons. The van der Waals surface area contributed by atoms with E-state index < -0.39 is 0 Å². The van der Waals surface area contributed by atoms with Crippen LogP contribution in [0.4, 0.5) is 0 Å². The first-order valence-corrected chi connectivity index (χ1v) is 6.98. The lowest BCUT2D eigenvalue weighted by atomic mass is 10.2. The molecule has 18 heavy (non-hydrogen) atoms. The van der Waals surface area contributed by atoms with Gasteiger partial charge in [-0.15, -0.1) is 0 Å². The maximum atomic E-state index is 5.93. The molecule has 0 radical (unpaired) electrons. The summed E-state index contributed by atoms with van der Waals surface area (Å²) in [7, 11) is 0. The summed E-state index contributed by atoms with van der Waals surface area (Å²) < 4.78 is 5.68. The Labute approximate surface area is 114 Å². The number of nitrogens with zero attached hydrogens (tertiary/aromatic N) is 1. The van der Waals surface area contributed by atoms with Gasteiger partial charge in [0.15, 0.2) is 0 Å². The standard InChI is InChI=1S/C14H21ClN2O/c15-14-3-1-2-13(12-14)4-10-18-11-9-17-7-5-16-6-8-17/h1-3,12,16H,4-11H2. The molecule has 0 amide bonds. The summed E-state index contributed by atoms with van der Waals surface area (Å²) in [6, 6.07) is 7.97. The quantitative estimate of drug-likeness (QED) is 0.797. The highest BCUT2D eigenvalue weighted by Gasteiger charge is 2.08. The SMILES string of the molecule is Clc1cccc(CCOCCN2CCNCC2)c1. The Morgan fingerprint density at radius 1 is 1.22 bits per heavy atom. The highest BCUT2D eigenvalue weighted by Crippen LogP contribution is 2.10. The fraction of sp³-hybridized carbons (Fsp3) is 0.571. The van der Waals surface area contributed by atoms with Gasteiger partial charge in [-0.05, 0) is 24.1 Å². The molecule has 1 aliphatic rings. The minimum atomic E-state index is 0.770. The minimum Gasteiger partial charge on any atom is -0.380 e. The van der Waals surface area contributed by atoms with Crippen molar-refractivity contribution in [3.8, 4) is 0 Å². The fourth-order valence-corrected chi connectivity index (χ4v) is 2.33. The average molecular weight is 269 g/mol. The van der Waals surface area contributed by atoms with Crippen LogP contribution in [0.3, 0.4) is 0 Å². The van der Waals surface area contributed by atoms with Crippen molar-refractivity contribution in [1.82, 2.24) is 10.2 Å². The van der Waals surface area contributed by atoms with Gasteiger partial charge in [-0.3, -0.25) is 4.90 Å². The Morgan fingerprint density at radius 3 is 2.83 bits per heavy atom. The van der Waals surface area contributed by atoms with Crippen LogP contribution in [-0.4, -0.2) is 50.8 Å². The molecule has 2 rings (SSSR count). The van der Waals surface area contributed by atoms with E-state index in [1.165, 1.54) is 5.56 Å². The third-order valence-corrected chi connectivity index (χ3v) is 3.42. The summed E-state index contributed by atoms with van der Waals surface area (Å²) in [4.78, 5) is 2.44. The van der Waals surface area contributed by atoms with E-state index in [-0.39, 0.29) is 0 Å². The van der Waals surface area contributed by atoms with Crippen molar-refractivity contribution in [3.63, 3.8) is 0 Å². The van der Waals surface area contributed by atoms with Crippen molar-refractivity contribution in [2.45, 2.75) is 6.42 Å². The van der Waals surface area contributed by atoms with Crippen molar-refractivity contribution >= 4 is 11.6 Å². The molecule has 1 aliphatic heterocycles. The van der Waals surface area contributed by atoms with Crippen LogP contribution in [0.5, 0.6) is 0 Å². The molecule has 0 unspecified atom stereocenters. The lowest BCUT2D eigenvalue weighted by molar-refractivity contribution is 0.101. The second-order valence-corrected chi connectivity index (χ2v) is 5.02. The summed E-state index contributed by atoms with van der Waals surface area (Å²) in [5, 5.41) is 4.15. The highest BCUT2D eigenvalue weighted by atomic mass is 35.5. The van der Waals surface area contributed by atoms with Gasteiger partial charge in [-0.25, -0.2) is 0 Å². The van der Waals surface area contributed by atoms with Gasteiger partial charge in [-0.1, -0.05) is 23.7 Å². The molecule has 0 spiro atoms. The number of hydrogen-bond donors (Lipinski definition) is 1. The Morgan fingerprint density at radius 2 is 2.06 bits per heavy atom. The molecule has 0 aromatic heterocycles. The Hall–Kier alpha value is -0.610. The Bertz CT molecular complexity index is 353. The first kappa shape index (κ1) is 13.8. The van der Waals surface area contributed by atoms with Crippen LogP contribution in [0.25, 0.3) is 0 Å². The van der Waals surface area contributed by atoms with Gasteiger partial charge < -0.3 is 10.1 Å². The summed E-state index contributed by atoms with van der Waals surface area (Å²) >= 11 is 5.93. The summed E-state index contributed by atoms with van der Waals surface area (Å²) in [5.41, 5.74) is 1.24. The predicted molar refractivity (Wildman–Crippen MR) is 75.3 cm³/mol. The second-order valence-electron chi connectivity index (χ2n) is 4.58. The zero-order chi connectivity index (χ0) is 12.6. The molecule has 1 aromatic carbocycles. The number of piperazine rings is 1. The van der Waals surface area contributed by atoms with Crippen molar-refractivity contribution in [2.75, 3.05) is 45.9 Å². The monoisotopic (exact) mass is 268 g/mol. The normalized spacial score (nSPS) is 16.9. The third kappa shape index (κ3) is 4.94. The topological polar surface area (TPSA) is 24.5 Å². The number of hydrogen-bond acceptors (Lipinski definition) is 3. The van der Waals surface area contributed by atoms with Gasteiger partial charge >= 0.3 is 0 Å². The van der Waals surface area contributed by atoms with Crippen molar-refractivity contribution in [1.29, 1.82) is 0 Å². The molecule has 3 nitrogen and oxygen atoms in total. The van der Waals surface area contributed by atoms with E-state index in [9.17, 15) is 0 Å². The van der Waals surface area contributed by atoms with E-state index in [1.807, 2.05) is 18.2 Å². The molecule has 1 aromatic rings. The van der Waals surface area contributed by atoms with E-state index in [0.717, 1.165) is 57.4 Å². The lowest BCUT2D eigenvalue weighted by Gasteiger charge is -2.26. The first-order valence-electron chi connectivity index (χ1n) is 6.60. The largest absolute Gasteiger partial charge is 0.380 e. The highest BCUT2D eigenvalue weighted by molar-refractivity contribution is 6.30. The van der Waals surface area contributed by atoms with Crippen molar-refractivity contribution < 1.29 is 4.74 Å². The minimum absolute atomic E-state index is 0.770. The van der Waals surface area contributed by atoms with Crippen LogP contribution in [0, 0.1) is 0 Å². The summed E-state index contributed by atoms with van der Waals surface area (Å²) in [5.74, 6) is 0. The first-order chi connectivity index (χ1) is 8.84. The molecule has 1 heterocycles. The second kappa shape index (κ2) is 7.74. The molecule has 1 fully saturated rings. The zero-order valence-corrected chi connectivity index (χ0v) is 11.5. The van der Waals surface area contributed by atoms with E-state index in [0.29, 0.717) is 0 Å². The van der Waals surface area contributed by atoms with Gasteiger partial charge in [0.05, 0.1) is 13.2 Å². The summed E-state index contributed by atoms with van der Waals surface area (Å²) in [6.07, 6.45) is 0.933. The predicted octanol–water partition coefficient (Wildman–Crippen LogP) is 1.80. The van der Waals surface area contributed by atoms with Gasteiger partial charge in [0.2, 0.25) is 0 Å². The third-order valence-electron chi connectivity index (χ3n) is 3.19. The number of benzene rings is 1. The molecule has 0 saturated carbocycles. The molecule has 1 saturated heterocycles. The van der Waals surface area contributed by atoms with Crippen LogP contribution in [-0.2, 0) is 11.2 Å². The number of rotatable bonds is 6.